The molecule has 0 aromatic carbocycles. The van der Waals surface area contributed by atoms with Gasteiger partial charge in [-0.25, -0.2) is 9.13 Å². The first-order valence-electron chi connectivity index (χ1n) is 41.5. The van der Waals surface area contributed by atoms with Crippen LogP contribution in [0, 0.1) is 11.8 Å². The molecule has 0 rings (SSSR count). The molecule has 0 aromatic rings. The van der Waals surface area contributed by atoms with E-state index < -0.39 is 97.5 Å². The van der Waals surface area contributed by atoms with Crippen molar-refractivity contribution in [2.45, 2.75) is 439 Å². The van der Waals surface area contributed by atoms with Crippen molar-refractivity contribution in [1.82, 2.24) is 0 Å². The summed E-state index contributed by atoms with van der Waals surface area (Å²) in [6.07, 6.45) is 60.9. The van der Waals surface area contributed by atoms with Gasteiger partial charge in [0.15, 0.2) is 12.2 Å². The molecule has 0 radical (unpaired) electrons. The molecule has 0 heterocycles. The molecule has 99 heavy (non-hydrogen) atoms. The maximum Gasteiger partial charge on any atom is 0.472 e. The number of phosphoric ester groups is 2. The second kappa shape index (κ2) is 71.7. The van der Waals surface area contributed by atoms with Gasteiger partial charge in [-0.1, -0.05) is 369 Å². The van der Waals surface area contributed by atoms with Crippen LogP contribution in [0.25, 0.3) is 0 Å². The number of aliphatic hydroxyl groups is 1. The van der Waals surface area contributed by atoms with E-state index in [9.17, 15) is 43.2 Å². The molecule has 2 unspecified atom stereocenters. The minimum Gasteiger partial charge on any atom is -0.462 e. The molecule has 17 nitrogen and oxygen atoms in total. The minimum atomic E-state index is -4.96. The standard InChI is InChI=1S/C80H156O17P2/c1-7-9-11-13-15-17-19-20-21-22-27-34-40-46-52-58-64-79(84)96-75(68-90-77(82)62-56-50-44-38-30-18-16-14-12-10-8-2)70-94-98(86,87)92-66-74(81)67-93-99(88,89)95-71-76(97-80(85)65-59-53-47-41-35-29-24-26-32-37-43-49-55-61-73(5)6)69-91-78(83)63-57-51-45-39-33-28-23-25-31-36-42-48-54-60-72(3)4/h72-76,81H,7-71H2,1-6H3,(H,86,87)(H,88,89)/t74-,75+,76+/m0/s1. The number of esters is 4. The van der Waals surface area contributed by atoms with Crippen LogP contribution in [0.1, 0.15) is 420 Å². The number of rotatable bonds is 79. The third-order valence-corrected chi connectivity index (χ3v) is 20.6. The number of phosphoric acid groups is 2. The van der Waals surface area contributed by atoms with Crippen LogP contribution in [0.2, 0.25) is 0 Å². The summed E-state index contributed by atoms with van der Waals surface area (Å²) in [6, 6.07) is 0. The molecular weight excluding hydrogens is 1290 g/mol. The molecule has 0 fully saturated rings. The highest BCUT2D eigenvalue weighted by molar-refractivity contribution is 7.47. The maximum atomic E-state index is 13.1. The zero-order valence-corrected chi connectivity index (χ0v) is 66.6. The number of hydrogen-bond acceptors (Lipinski definition) is 15. The van der Waals surface area contributed by atoms with E-state index in [2.05, 4.69) is 41.5 Å². The second-order valence-electron chi connectivity index (χ2n) is 29.8. The Morgan fingerprint density at radius 1 is 0.273 bits per heavy atom. The predicted molar refractivity (Wildman–Crippen MR) is 405 cm³/mol. The number of aliphatic hydroxyl groups excluding tert-OH is 1. The fourth-order valence-corrected chi connectivity index (χ4v) is 13.9. The monoisotopic (exact) mass is 1450 g/mol. The van der Waals surface area contributed by atoms with Crippen molar-refractivity contribution in [3.63, 3.8) is 0 Å². The van der Waals surface area contributed by atoms with Crippen molar-refractivity contribution >= 4 is 39.5 Å². The van der Waals surface area contributed by atoms with Crippen LogP contribution in [0.15, 0.2) is 0 Å². The number of carbonyl (C=O) groups excluding carboxylic acids is 4. The molecule has 3 N–H and O–H groups in total. The molecule has 0 saturated carbocycles. The SMILES string of the molecule is CCCCCCCCCCCCCCCCCCC(=O)O[C@H](COC(=O)CCCCCCCCCCCCC)COP(=O)(O)OC[C@H](O)COP(=O)(O)OC[C@@H](COC(=O)CCCCCCCCCCCCCCCC(C)C)OC(=O)CCCCCCCCCCCCCCCC(C)C. The highest BCUT2D eigenvalue weighted by atomic mass is 31.2. The van der Waals surface area contributed by atoms with E-state index in [0.29, 0.717) is 25.7 Å². The fourth-order valence-electron chi connectivity index (χ4n) is 12.4. The molecule has 0 amide bonds. The number of carbonyl (C=O) groups is 4. The van der Waals surface area contributed by atoms with Crippen LogP contribution < -0.4 is 0 Å². The lowest BCUT2D eigenvalue weighted by atomic mass is 10.0. The van der Waals surface area contributed by atoms with Gasteiger partial charge in [-0.2, -0.15) is 0 Å². The zero-order chi connectivity index (χ0) is 72.8. The van der Waals surface area contributed by atoms with Crippen LogP contribution >= 0.6 is 15.6 Å². The molecule has 0 saturated heterocycles. The van der Waals surface area contributed by atoms with Crippen molar-refractivity contribution in [2.75, 3.05) is 39.6 Å². The Balaban J connectivity index is 5.26. The van der Waals surface area contributed by atoms with E-state index in [1.807, 2.05) is 0 Å². The van der Waals surface area contributed by atoms with Gasteiger partial charge in [-0.15, -0.1) is 0 Å². The molecule has 0 spiro atoms. The Hall–Kier alpha value is -1.94. The van der Waals surface area contributed by atoms with Crippen molar-refractivity contribution < 1.29 is 80.2 Å². The summed E-state index contributed by atoms with van der Waals surface area (Å²) in [6.45, 7) is 9.67. The lowest BCUT2D eigenvalue weighted by molar-refractivity contribution is -0.161. The van der Waals surface area contributed by atoms with Crippen LogP contribution in [0.4, 0.5) is 0 Å². The summed E-state index contributed by atoms with van der Waals surface area (Å²) in [5.41, 5.74) is 0. The number of ether oxygens (including phenoxy) is 4. The molecule has 5 atom stereocenters. The van der Waals surface area contributed by atoms with Gasteiger partial charge >= 0.3 is 39.5 Å². The number of hydrogen-bond donors (Lipinski definition) is 3. The van der Waals surface area contributed by atoms with E-state index >= 15 is 0 Å². The highest BCUT2D eigenvalue weighted by Crippen LogP contribution is 2.45. The van der Waals surface area contributed by atoms with Gasteiger partial charge in [0, 0.05) is 25.7 Å². The van der Waals surface area contributed by atoms with Gasteiger partial charge in [-0.3, -0.25) is 37.3 Å². The highest BCUT2D eigenvalue weighted by Gasteiger charge is 2.30. The van der Waals surface area contributed by atoms with Crippen LogP contribution in [-0.4, -0.2) is 96.7 Å². The number of unbranched alkanes of at least 4 members (excludes halogenated alkanes) is 49. The Labute approximate surface area is 607 Å². The minimum absolute atomic E-state index is 0.108. The topological polar surface area (TPSA) is 237 Å². The predicted octanol–water partition coefficient (Wildman–Crippen LogP) is 23.9. The van der Waals surface area contributed by atoms with Gasteiger partial charge in [0.2, 0.25) is 0 Å². The van der Waals surface area contributed by atoms with E-state index in [1.165, 1.54) is 238 Å². The van der Waals surface area contributed by atoms with E-state index in [0.717, 1.165) is 102 Å². The summed E-state index contributed by atoms with van der Waals surface area (Å²) in [5.74, 6) is -0.530. The molecule has 0 bridgehead atoms. The first-order valence-corrected chi connectivity index (χ1v) is 44.5. The van der Waals surface area contributed by atoms with Crippen molar-refractivity contribution in [2.24, 2.45) is 11.8 Å². The zero-order valence-electron chi connectivity index (χ0n) is 64.8. The normalized spacial score (nSPS) is 13.9. The molecule has 19 heteroatoms. The van der Waals surface area contributed by atoms with Crippen LogP contribution in [0.3, 0.4) is 0 Å². The smallest absolute Gasteiger partial charge is 0.462 e. The van der Waals surface area contributed by atoms with Gasteiger partial charge in [0.05, 0.1) is 26.4 Å². The Morgan fingerprint density at radius 2 is 0.465 bits per heavy atom. The quantitative estimate of drug-likeness (QED) is 0.0222. The van der Waals surface area contributed by atoms with Crippen LogP contribution in [-0.2, 0) is 65.4 Å². The summed E-state index contributed by atoms with van der Waals surface area (Å²) in [4.78, 5) is 73.0. The largest absolute Gasteiger partial charge is 0.472 e. The van der Waals surface area contributed by atoms with Crippen molar-refractivity contribution in [3.05, 3.63) is 0 Å². The third-order valence-electron chi connectivity index (χ3n) is 18.7. The lowest BCUT2D eigenvalue weighted by Gasteiger charge is -2.21. The lowest BCUT2D eigenvalue weighted by Crippen LogP contribution is -2.30. The molecule has 0 aromatic heterocycles. The summed E-state index contributed by atoms with van der Waals surface area (Å²) < 4.78 is 68.7. The van der Waals surface area contributed by atoms with Gasteiger partial charge in [-0.05, 0) is 37.5 Å². The van der Waals surface area contributed by atoms with E-state index in [-0.39, 0.29) is 25.7 Å². The third kappa shape index (κ3) is 74.1. The Morgan fingerprint density at radius 3 is 0.687 bits per heavy atom. The fraction of sp³-hybridized carbons (Fsp3) is 0.950. The summed E-state index contributed by atoms with van der Waals surface area (Å²) in [5, 5.41) is 10.6. The molecule has 0 aliphatic carbocycles. The maximum absolute atomic E-state index is 13.1. The van der Waals surface area contributed by atoms with Crippen LogP contribution in [0.5, 0.6) is 0 Å². The first kappa shape index (κ1) is 97.1. The molecule has 0 aliphatic heterocycles. The first-order chi connectivity index (χ1) is 47.9. The van der Waals surface area contributed by atoms with Crippen molar-refractivity contribution in [1.29, 1.82) is 0 Å². The Bertz CT molecular complexity index is 1910. The molecular formula is C80H156O17P2. The van der Waals surface area contributed by atoms with Crippen molar-refractivity contribution in [3.8, 4) is 0 Å². The van der Waals surface area contributed by atoms with Gasteiger partial charge in [0.1, 0.15) is 19.3 Å². The van der Waals surface area contributed by atoms with Gasteiger partial charge < -0.3 is 33.8 Å². The Kier molecular flexibility index (Phi) is 70.3. The average molecular weight is 1450 g/mol. The summed E-state index contributed by atoms with van der Waals surface area (Å²) in [7, 11) is -9.92. The van der Waals surface area contributed by atoms with Gasteiger partial charge in [0.25, 0.3) is 0 Å². The van der Waals surface area contributed by atoms with E-state index in [1.54, 1.807) is 0 Å². The second-order valence-corrected chi connectivity index (χ2v) is 32.7. The summed E-state index contributed by atoms with van der Waals surface area (Å²) >= 11 is 0. The molecule has 588 valence electrons. The van der Waals surface area contributed by atoms with E-state index in [4.69, 9.17) is 37.0 Å². The average Bonchev–Trinajstić information content (AvgIpc) is 0.976. The molecule has 0 aliphatic rings.